The standard InChI is InChI=1S/C13H18F3N5/c1-3-4-21-9-10(7-18-21)6-17-8-11-5-12(13(14,15)16)20(2)19-11/h5,7,9,17H,3-4,6,8H2,1-2H3. The first-order chi connectivity index (χ1) is 9.90. The van der Waals surface area contributed by atoms with Crippen LogP contribution in [0.15, 0.2) is 18.5 Å². The minimum Gasteiger partial charge on any atom is -0.307 e. The number of nitrogens with zero attached hydrogens (tertiary/aromatic N) is 4. The van der Waals surface area contributed by atoms with Crippen molar-refractivity contribution in [3.8, 4) is 0 Å². The maximum absolute atomic E-state index is 12.6. The number of hydrogen-bond donors (Lipinski definition) is 1. The van der Waals surface area contributed by atoms with Crippen molar-refractivity contribution in [3.63, 3.8) is 0 Å². The van der Waals surface area contributed by atoms with Crippen molar-refractivity contribution < 1.29 is 13.2 Å². The Morgan fingerprint density at radius 1 is 1.29 bits per heavy atom. The van der Waals surface area contributed by atoms with E-state index in [0.717, 1.165) is 29.3 Å². The van der Waals surface area contributed by atoms with E-state index in [9.17, 15) is 13.2 Å². The van der Waals surface area contributed by atoms with E-state index in [1.807, 2.05) is 10.9 Å². The zero-order valence-electron chi connectivity index (χ0n) is 12.0. The molecule has 1 N–H and O–H groups in total. The molecule has 0 amide bonds. The Balaban J connectivity index is 1.88. The van der Waals surface area contributed by atoms with E-state index in [4.69, 9.17) is 0 Å². The molecule has 0 atom stereocenters. The van der Waals surface area contributed by atoms with E-state index in [1.54, 1.807) is 6.20 Å². The van der Waals surface area contributed by atoms with Gasteiger partial charge in [0.1, 0.15) is 5.69 Å². The Kier molecular flexibility index (Phi) is 4.66. The van der Waals surface area contributed by atoms with Gasteiger partial charge in [-0.15, -0.1) is 0 Å². The second kappa shape index (κ2) is 6.30. The quantitative estimate of drug-likeness (QED) is 0.891. The summed E-state index contributed by atoms with van der Waals surface area (Å²) in [7, 11) is 1.29. The predicted octanol–water partition coefficient (Wildman–Crippen LogP) is 2.34. The highest BCUT2D eigenvalue weighted by Gasteiger charge is 2.34. The van der Waals surface area contributed by atoms with Crippen molar-refractivity contribution in [2.45, 2.75) is 39.2 Å². The van der Waals surface area contributed by atoms with Crippen molar-refractivity contribution in [2.24, 2.45) is 7.05 Å². The zero-order chi connectivity index (χ0) is 15.5. The highest BCUT2D eigenvalue weighted by molar-refractivity contribution is 5.13. The molecule has 2 rings (SSSR count). The first kappa shape index (κ1) is 15.6. The van der Waals surface area contributed by atoms with Gasteiger partial charge in [-0.3, -0.25) is 9.36 Å². The van der Waals surface area contributed by atoms with Gasteiger partial charge < -0.3 is 5.32 Å². The number of halogens is 3. The van der Waals surface area contributed by atoms with Crippen molar-refractivity contribution in [3.05, 3.63) is 35.4 Å². The van der Waals surface area contributed by atoms with Gasteiger partial charge in [0.05, 0.1) is 11.9 Å². The molecular weight excluding hydrogens is 283 g/mol. The van der Waals surface area contributed by atoms with E-state index >= 15 is 0 Å². The van der Waals surface area contributed by atoms with E-state index in [0.29, 0.717) is 12.2 Å². The van der Waals surface area contributed by atoms with E-state index in [-0.39, 0.29) is 6.54 Å². The molecule has 21 heavy (non-hydrogen) atoms. The molecule has 0 aromatic carbocycles. The molecule has 0 aliphatic rings. The molecular formula is C13H18F3N5. The maximum Gasteiger partial charge on any atom is 0.433 e. The lowest BCUT2D eigenvalue weighted by Gasteiger charge is -2.04. The Bertz CT molecular complexity index is 585. The topological polar surface area (TPSA) is 47.7 Å². The van der Waals surface area contributed by atoms with Gasteiger partial charge in [0, 0.05) is 38.4 Å². The highest BCUT2D eigenvalue weighted by atomic mass is 19.4. The van der Waals surface area contributed by atoms with Crippen LogP contribution in [0.1, 0.15) is 30.3 Å². The summed E-state index contributed by atoms with van der Waals surface area (Å²) in [5, 5.41) is 11.1. The molecule has 0 spiro atoms. The maximum atomic E-state index is 12.6. The Morgan fingerprint density at radius 2 is 2.05 bits per heavy atom. The van der Waals surface area contributed by atoms with Gasteiger partial charge in [-0.25, -0.2) is 0 Å². The summed E-state index contributed by atoms with van der Waals surface area (Å²) in [5.41, 5.74) is 0.622. The summed E-state index contributed by atoms with van der Waals surface area (Å²) in [6, 6.07) is 1.06. The number of aromatic nitrogens is 4. The first-order valence-corrected chi connectivity index (χ1v) is 6.72. The predicted molar refractivity (Wildman–Crippen MR) is 71.3 cm³/mol. The van der Waals surface area contributed by atoms with Crippen LogP contribution >= 0.6 is 0 Å². The van der Waals surface area contributed by atoms with Crippen LogP contribution in [-0.2, 0) is 32.9 Å². The molecule has 0 fully saturated rings. The van der Waals surface area contributed by atoms with Gasteiger partial charge in [-0.2, -0.15) is 23.4 Å². The van der Waals surface area contributed by atoms with Gasteiger partial charge in [0.25, 0.3) is 0 Å². The van der Waals surface area contributed by atoms with Crippen LogP contribution in [-0.4, -0.2) is 19.6 Å². The van der Waals surface area contributed by atoms with Crippen LogP contribution in [0.3, 0.4) is 0 Å². The number of aryl methyl sites for hydroxylation is 2. The summed E-state index contributed by atoms with van der Waals surface area (Å²) in [6.45, 7) is 3.75. The third kappa shape index (κ3) is 4.07. The summed E-state index contributed by atoms with van der Waals surface area (Å²) >= 11 is 0. The summed E-state index contributed by atoms with van der Waals surface area (Å²) in [5.74, 6) is 0. The fourth-order valence-corrected chi connectivity index (χ4v) is 2.06. The molecule has 116 valence electrons. The van der Waals surface area contributed by atoms with Gasteiger partial charge >= 0.3 is 6.18 Å². The van der Waals surface area contributed by atoms with E-state index in [2.05, 4.69) is 22.4 Å². The molecule has 0 aliphatic heterocycles. The third-order valence-electron chi connectivity index (χ3n) is 3.00. The van der Waals surface area contributed by atoms with Crippen LogP contribution in [0.25, 0.3) is 0 Å². The SMILES string of the molecule is CCCn1cc(CNCc2cc(C(F)(F)F)n(C)n2)cn1. The van der Waals surface area contributed by atoms with Crippen molar-refractivity contribution in [1.82, 2.24) is 24.9 Å². The average Bonchev–Trinajstić information content (AvgIpc) is 2.96. The summed E-state index contributed by atoms with van der Waals surface area (Å²) in [6.07, 6.45) is 0.308. The lowest BCUT2D eigenvalue weighted by atomic mass is 10.3. The fraction of sp³-hybridized carbons (Fsp3) is 0.538. The van der Waals surface area contributed by atoms with Gasteiger partial charge in [-0.1, -0.05) is 6.92 Å². The largest absolute Gasteiger partial charge is 0.433 e. The number of alkyl halides is 3. The van der Waals surface area contributed by atoms with Crippen LogP contribution in [0.5, 0.6) is 0 Å². The fourth-order valence-electron chi connectivity index (χ4n) is 2.06. The second-order valence-corrected chi connectivity index (χ2v) is 4.86. The average molecular weight is 301 g/mol. The third-order valence-corrected chi connectivity index (χ3v) is 3.00. The van der Waals surface area contributed by atoms with Gasteiger partial charge in [0.2, 0.25) is 0 Å². The minimum absolute atomic E-state index is 0.281. The highest BCUT2D eigenvalue weighted by Crippen LogP contribution is 2.29. The lowest BCUT2D eigenvalue weighted by molar-refractivity contribution is -0.143. The van der Waals surface area contributed by atoms with Crippen LogP contribution in [0, 0.1) is 0 Å². The van der Waals surface area contributed by atoms with Crippen LogP contribution < -0.4 is 5.32 Å². The molecule has 5 nitrogen and oxygen atoms in total. The molecule has 0 bridgehead atoms. The summed E-state index contributed by atoms with van der Waals surface area (Å²) in [4.78, 5) is 0. The van der Waals surface area contributed by atoms with Gasteiger partial charge in [-0.05, 0) is 12.5 Å². The van der Waals surface area contributed by atoms with Crippen molar-refractivity contribution >= 4 is 0 Å². The van der Waals surface area contributed by atoms with E-state index in [1.165, 1.54) is 7.05 Å². The van der Waals surface area contributed by atoms with Crippen molar-refractivity contribution in [1.29, 1.82) is 0 Å². The number of rotatable bonds is 6. The van der Waals surface area contributed by atoms with Crippen molar-refractivity contribution in [2.75, 3.05) is 0 Å². The summed E-state index contributed by atoms with van der Waals surface area (Å²) < 4.78 is 40.6. The Morgan fingerprint density at radius 3 is 2.67 bits per heavy atom. The molecule has 2 heterocycles. The van der Waals surface area contributed by atoms with Crippen LogP contribution in [0.4, 0.5) is 13.2 Å². The molecule has 0 radical (unpaired) electrons. The normalized spacial score (nSPS) is 12.0. The van der Waals surface area contributed by atoms with E-state index < -0.39 is 11.9 Å². The molecule has 0 saturated heterocycles. The Hall–Kier alpha value is -1.83. The molecule has 2 aromatic heterocycles. The lowest BCUT2D eigenvalue weighted by Crippen LogP contribution is -2.13. The number of nitrogens with one attached hydrogen (secondary N) is 1. The monoisotopic (exact) mass is 301 g/mol. The zero-order valence-corrected chi connectivity index (χ0v) is 12.0. The molecule has 2 aromatic rings. The molecule has 0 saturated carbocycles. The minimum atomic E-state index is -4.37. The smallest absolute Gasteiger partial charge is 0.307 e. The number of hydrogen-bond acceptors (Lipinski definition) is 3. The first-order valence-electron chi connectivity index (χ1n) is 6.72. The molecule has 0 unspecified atom stereocenters. The molecule has 8 heteroatoms. The molecule has 0 aliphatic carbocycles. The van der Waals surface area contributed by atoms with Gasteiger partial charge in [0.15, 0.2) is 0 Å². The second-order valence-electron chi connectivity index (χ2n) is 4.86. The van der Waals surface area contributed by atoms with Crippen LogP contribution in [0.2, 0.25) is 0 Å². The Labute approximate surface area is 120 Å².